The van der Waals surface area contributed by atoms with Gasteiger partial charge in [-0.25, -0.2) is 27.9 Å². The van der Waals surface area contributed by atoms with E-state index in [0.717, 1.165) is 5.56 Å². The Morgan fingerprint density at radius 1 is 1.16 bits per heavy atom. The van der Waals surface area contributed by atoms with Gasteiger partial charge in [-0.1, -0.05) is 12.7 Å². The molecule has 32 heavy (non-hydrogen) atoms. The van der Waals surface area contributed by atoms with Gasteiger partial charge in [-0.2, -0.15) is 0 Å². The van der Waals surface area contributed by atoms with Gasteiger partial charge in [0.2, 0.25) is 16.0 Å². The van der Waals surface area contributed by atoms with Crippen molar-refractivity contribution in [3.05, 3.63) is 48.8 Å². The predicted molar refractivity (Wildman–Crippen MR) is 123 cm³/mol. The lowest BCUT2D eigenvalue weighted by molar-refractivity contribution is 0.0203. The standard InChI is InChI=1S/C22H29N5O4S/c1-5-16-14-23-20(24-15-16)25-17-6-8-19(9-7-17)32(29,30)26-18-10-12-27(13-11-18)21(28)31-22(2,3)4/h5-9,14-15,18,26H,1,10-13H2,2-4H3,(H,23,24,25). The summed E-state index contributed by atoms with van der Waals surface area (Å²) >= 11 is 0. The smallest absolute Gasteiger partial charge is 0.410 e. The van der Waals surface area contributed by atoms with Gasteiger partial charge in [0.25, 0.3) is 0 Å². The van der Waals surface area contributed by atoms with Crippen molar-refractivity contribution in [2.45, 2.75) is 50.2 Å². The third-order valence-corrected chi connectivity index (χ3v) is 6.33. The summed E-state index contributed by atoms with van der Waals surface area (Å²) in [7, 11) is -3.68. The number of sulfonamides is 1. The van der Waals surface area contributed by atoms with Crippen LogP contribution in [0.15, 0.2) is 48.1 Å². The van der Waals surface area contributed by atoms with Gasteiger partial charge in [-0.15, -0.1) is 0 Å². The van der Waals surface area contributed by atoms with Crippen LogP contribution in [-0.2, 0) is 14.8 Å². The SMILES string of the molecule is C=Cc1cnc(Nc2ccc(S(=O)(=O)NC3CCN(C(=O)OC(C)(C)C)CC3)cc2)nc1. The van der Waals surface area contributed by atoms with Crippen LogP contribution in [0.3, 0.4) is 0 Å². The van der Waals surface area contributed by atoms with Crippen molar-refractivity contribution in [2.24, 2.45) is 0 Å². The molecule has 1 aromatic heterocycles. The molecule has 172 valence electrons. The number of hydrogen-bond acceptors (Lipinski definition) is 7. The summed E-state index contributed by atoms with van der Waals surface area (Å²) in [6.07, 6.45) is 5.60. The van der Waals surface area contributed by atoms with Gasteiger partial charge in [-0.3, -0.25) is 0 Å². The Morgan fingerprint density at radius 2 is 1.75 bits per heavy atom. The molecule has 1 aliphatic heterocycles. The lowest BCUT2D eigenvalue weighted by Crippen LogP contribution is -2.47. The Labute approximate surface area is 189 Å². The van der Waals surface area contributed by atoms with Gasteiger partial charge in [0.1, 0.15) is 5.60 Å². The number of nitrogens with zero attached hydrogens (tertiary/aromatic N) is 3. The van der Waals surface area contributed by atoms with Gasteiger partial charge in [0.05, 0.1) is 4.90 Å². The summed E-state index contributed by atoms with van der Waals surface area (Å²) in [5.41, 5.74) is 0.915. The molecule has 2 N–H and O–H groups in total. The maximum Gasteiger partial charge on any atom is 0.410 e. The lowest BCUT2D eigenvalue weighted by atomic mass is 10.1. The van der Waals surface area contributed by atoms with Crippen LogP contribution in [-0.4, -0.2) is 54.1 Å². The van der Waals surface area contributed by atoms with E-state index in [1.807, 2.05) is 20.8 Å². The summed E-state index contributed by atoms with van der Waals surface area (Å²) in [4.78, 5) is 22.3. The third kappa shape index (κ3) is 6.51. The highest BCUT2D eigenvalue weighted by Gasteiger charge is 2.29. The Hall–Kier alpha value is -2.98. The van der Waals surface area contributed by atoms with Crippen LogP contribution in [0.4, 0.5) is 16.4 Å². The zero-order valence-electron chi connectivity index (χ0n) is 18.5. The summed E-state index contributed by atoms with van der Waals surface area (Å²) in [6.45, 7) is 9.99. The Kier molecular flexibility index (Phi) is 7.15. The van der Waals surface area contributed by atoms with Crippen molar-refractivity contribution in [2.75, 3.05) is 18.4 Å². The molecule has 0 saturated carbocycles. The molecule has 0 spiro atoms. The van der Waals surface area contributed by atoms with E-state index in [-0.39, 0.29) is 17.0 Å². The minimum absolute atomic E-state index is 0.167. The Bertz CT molecular complexity index is 1040. The molecule has 2 aromatic rings. The topological polar surface area (TPSA) is 114 Å². The van der Waals surface area contributed by atoms with E-state index in [9.17, 15) is 13.2 Å². The number of likely N-dealkylation sites (tertiary alicyclic amines) is 1. The van der Waals surface area contributed by atoms with Crippen molar-refractivity contribution in [1.82, 2.24) is 19.6 Å². The second kappa shape index (κ2) is 9.66. The first-order chi connectivity index (χ1) is 15.1. The first-order valence-corrected chi connectivity index (χ1v) is 11.9. The summed E-state index contributed by atoms with van der Waals surface area (Å²) in [5, 5.41) is 3.03. The zero-order chi connectivity index (χ0) is 23.4. The van der Waals surface area contributed by atoms with Crippen LogP contribution in [0, 0.1) is 0 Å². The molecular formula is C22H29N5O4S. The Morgan fingerprint density at radius 3 is 2.28 bits per heavy atom. The highest BCUT2D eigenvalue weighted by atomic mass is 32.2. The van der Waals surface area contributed by atoms with Gasteiger partial charge in [-0.05, 0) is 57.9 Å². The van der Waals surface area contributed by atoms with Gasteiger partial charge in [0.15, 0.2) is 0 Å². The second-order valence-corrected chi connectivity index (χ2v) is 10.3. The predicted octanol–water partition coefficient (Wildman–Crippen LogP) is 3.54. The summed E-state index contributed by atoms with van der Waals surface area (Å²) in [6, 6.07) is 6.12. The summed E-state index contributed by atoms with van der Waals surface area (Å²) in [5.74, 6) is 0.404. The maximum atomic E-state index is 12.8. The number of piperidine rings is 1. The molecule has 10 heteroatoms. The largest absolute Gasteiger partial charge is 0.444 e. The number of ether oxygens (including phenoxy) is 1. The number of hydrogen-bond donors (Lipinski definition) is 2. The van der Waals surface area contributed by atoms with E-state index in [0.29, 0.717) is 37.6 Å². The first-order valence-electron chi connectivity index (χ1n) is 10.4. The Balaban J connectivity index is 1.55. The number of benzene rings is 1. The van der Waals surface area contributed by atoms with E-state index in [4.69, 9.17) is 4.74 Å². The van der Waals surface area contributed by atoms with E-state index >= 15 is 0 Å². The fraction of sp³-hybridized carbons (Fsp3) is 0.409. The fourth-order valence-corrected chi connectivity index (χ4v) is 4.45. The van der Waals surface area contributed by atoms with Crippen molar-refractivity contribution >= 4 is 33.8 Å². The molecule has 0 aliphatic carbocycles. The molecular weight excluding hydrogens is 430 g/mol. The zero-order valence-corrected chi connectivity index (χ0v) is 19.4. The van der Waals surface area contributed by atoms with Crippen molar-refractivity contribution in [3.8, 4) is 0 Å². The van der Waals surface area contributed by atoms with Crippen LogP contribution >= 0.6 is 0 Å². The number of aromatic nitrogens is 2. The van der Waals surface area contributed by atoms with E-state index in [1.165, 1.54) is 12.1 Å². The monoisotopic (exact) mass is 459 g/mol. The molecule has 0 bridgehead atoms. The maximum absolute atomic E-state index is 12.8. The van der Waals surface area contributed by atoms with E-state index < -0.39 is 15.6 Å². The fourth-order valence-electron chi connectivity index (χ4n) is 3.15. The van der Waals surface area contributed by atoms with Crippen molar-refractivity contribution in [1.29, 1.82) is 0 Å². The van der Waals surface area contributed by atoms with Crippen LogP contribution in [0.5, 0.6) is 0 Å². The average molecular weight is 460 g/mol. The molecule has 9 nitrogen and oxygen atoms in total. The van der Waals surface area contributed by atoms with E-state index in [1.54, 1.807) is 35.5 Å². The second-order valence-electron chi connectivity index (χ2n) is 8.56. The van der Waals surface area contributed by atoms with Gasteiger partial charge < -0.3 is 15.0 Å². The van der Waals surface area contributed by atoms with Gasteiger partial charge >= 0.3 is 6.09 Å². The molecule has 0 radical (unpaired) electrons. The van der Waals surface area contributed by atoms with Gasteiger partial charge in [0, 0.05) is 42.8 Å². The number of amides is 1. The van der Waals surface area contributed by atoms with E-state index in [2.05, 4.69) is 26.6 Å². The molecule has 1 amide bonds. The highest BCUT2D eigenvalue weighted by molar-refractivity contribution is 7.89. The quantitative estimate of drug-likeness (QED) is 0.679. The number of carbonyl (C=O) groups is 1. The number of rotatable bonds is 6. The molecule has 1 aromatic carbocycles. The molecule has 0 atom stereocenters. The molecule has 0 unspecified atom stereocenters. The number of carbonyl (C=O) groups excluding carboxylic acids is 1. The average Bonchev–Trinajstić information content (AvgIpc) is 2.74. The molecule has 2 heterocycles. The molecule has 1 fully saturated rings. The van der Waals surface area contributed by atoms with Crippen LogP contribution in [0.1, 0.15) is 39.2 Å². The molecule has 1 aliphatic rings. The van der Waals surface area contributed by atoms with Crippen LogP contribution in [0.25, 0.3) is 6.08 Å². The minimum Gasteiger partial charge on any atom is -0.444 e. The number of anilines is 2. The van der Waals surface area contributed by atoms with Crippen molar-refractivity contribution in [3.63, 3.8) is 0 Å². The third-order valence-electron chi connectivity index (χ3n) is 4.80. The minimum atomic E-state index is -3.68. The lowest BCUT2D eigenvalue weighted by Gasteiger charge is -2.33. The first kappa shape index (κ1) is 23.7. The normalized spacial score (nSPS) is 15.3. The van der Waals surface area contributed by atoms with Crippen molar-refractivity contribution < 1.29 is 17.9 Å². The number of nitrogens with one attached hydrogen (secondary N) is 2. The molecule has 3 rings (SSSR count). The summed E-state index contributed by atoms with van der Waals surface area (Å²) < 4.78 is 33.7. The molecule has 1 saturated heterocycles. The highest BCUT2D eigenvalue weighted by Crippen LogP contribution is 2.20. The van der Waals surface area contributed by atoms with Crippen LogP contribution in [0.2, 0.25) is 0 Å². The van der Waals surface area contributed by atoms with Crippen LogP contribution < -0.4 is 10.0 Å².